The maximum absolute atomic E-state index is 13.5. The Labute approximate surface area is 221 Å². The predicted octanol–water partition coefficient (Wildman–Crippen LogP) is 3.94. The minimum absolute atomic E-state index is 0.00463. The molecule has 5 fully saturated rings. The normalized spacial score (nSPS) is 34.3. The fraction of sp³-hybridized carbons (Fsp3) is 0.700. The molecule has 1 aromatic carbocycles. The first-order valence-corrected chi connectivity index (χ1v) is 14.5. The highest BCUT2D eigenvalue weighted by atomic mass is 16.2. The van der Waals surface area contributed by atoms with Crippen LogP contribution in [0.5, 0.6) is 0 Å². The summed E-state index contributed by atoms with van der Waals surface area (Å²) >= 11 is 0. The van der Waals surface area contributed by atoms with Gasteiger partial charge in [0.25, 0.3) is 5.91 Å². The number of likely N-dealkylation sites (N-methyl/N-ethyl adjacent to an activating group) is 1. The summed E-state index contributed by atoms with van der Waals surface area (Å²) < 4.78 is 0. The number of imide groups is 1. The van der Waals surface area contributed by atoms with Crippen LogP contribution in [0.3, 0.4) is 0 Å². The molecule has 1 saturated carbocycles. The number of urea groups is 1. The van der Waals surface area contributed by atoms with Crippen molar-refractivity contribution in [3.63, 3.8) is 0 Å². The third-order valence-corrected chi connectivity index (χ3v) is 10.1. The molecule has 2 unspecified atom stereocenters. The Bertz CT molecular complexity index is 1040. The highest BCUT2D eigenvalue weighted by molar-refractivity contribution is 6.07. The van der Waals surface area contributed by atoms with Crippen LogP contribution in [0.4, 0.5) is 4.79 Å². The molecule has 4 heterocycles. The second-order valence-corrected chi connectivity index (χ2v) is 12.8. The van der Waals surface area contributed by atoms with Crippen molar-refractivity contribution in [1.82, 2.24) is 19.6 Å². The molecule has 37 heavy (non-hydrogen) atoms. The van der Waals surface area contributed by atoms with Gasteiger partial charge < -0.3 is 9.80 Å². The molecule has 200 valence electrons. The summed E-state index contributed by atoms with van der Waals surface area (Å²) in [4.78, 5) is 47.9. The van der Waals surface area contributed by atoms with E-state index < -0.39 is 5.54 Å². The number of nitrogens with zero attached hydrogens (tertiary/aromatic N) is 4. The molecular weight excluding hydrogens is 464 g/mol. The molecule has 4 aliphatic heterocycles. The van der Waals surface area contributed by atoms with Crippen LogP contribution >= 0.6 is 0 Å². The highest BCUT2D eigenvalue weighted by Crippen LogP contribution is 2.48. The molecule has 6 rings (SSSR count). The summed E-state index contributed by atoms with van der Waals surface area (Å²) in [5, 5.41) is 0. The second-order valence-electron chi connectivity index (χ2n) is 12.8. The van der Waals surface area contributed by atoms with Crippen molar-refractivity contribution in [2.45, 2.75) is 82.3 Å². The van der Waals surface area contributed by atoms with Crippen LogP contribution < -0.4 is 0 Å². The molecule has 1 aromatic rings. The first kappa shape index (κ1) is 24.9. The van der Waals surface area contributed by atoms with Crippen molar-refractivity contribution in [3.05, 3.63) is 35.9 Å². The molecular formula is C30H42N4O3. The first-order valence-electron chi connectivity index (χ1n) is 14.5. The number of hydrogen-bond acceptors (Lipinski definition) is 4. The Morgan fingerprint density at radius 1 is 1.00 bits per heavy atom. The third-order valence-electron chi connectivity index (χ3n) is 10.1. The summed E-state index contributed by atoms with van der Waals surface area (Å²) in [6.07, 6.45) is 6.90. The Morgan fingerprint density at radius 3 is 2.27 bits per heavy atom. The van der Waals surface area contributed by atoms with Crippen molar-refractivity contribution >= 4 is 17.8 Å². The topological polar surface area (TPSA) is 64.2 Å². The zero-order valence-corrected chi connectivity index (χ0v) is 22.6. The van der Waals surface area contributed by atoms with E-state index in [0.29, 0.717) is 42.3 Å². The van der Waals surface area contributed by atoms with Crippen LogP contribution in [0.1, 0.15) is 70.3 Å². The van der Waals surface area contributed by atoms with E-state index in [1.54, 1.807) is 7.05 Å². The van der Waals surface area contributed by atoms with E-state index in [0.717, 1.165) is 58.2 Å². The van der Waals surface area contributed by atoms with Crippen molar-refractivity contribution in [2.75, 3.05) is 33.2 Å². The number of benzene rings is 1. The van der Waals surface area contributed by atoms with Gasteiger partial charge >= 0.3 is 6.03 Å². The SMILES string of the molecule is CC(C)CN1C(=O)N(C)C(=O)C12CC1CCC(C2)N1C[C@H]1CN(C(=O)C2CCC2)C[C@@H]1c1ccccc1. The summed E-state index contributed by atoms with van der Waals surface area (Å²) in [5.41, 5.74) is 0.651. The lowest BCUT2D eigenvalue weighted by Gasteiger charge is -2.48. The monoisotopic (exact) mass is 506 g/mol. The van der Waals surface area contributed by atoms with Crippen LogP contribution in [0, 0.1) is 17.8 Å². The fourth-order valence-corrected chi connectivity index (χ4v) is 8.00. The number of likely N-dealkylation sites (tertiary alicyclic amines) is 1. The number of fused-ring (bicyclic) bond motifs is 2. The molecule has 0 aromatic heterocycles. The lowest BCUT2D eigenvalue weighted by molar-refractivity contribution is -0.138. The largest absolute Gasteiger partial charge is 0.341 e. The highest BCUT2D eigenvalue weighted by Gasteiger charge is 2.62. The second kappa shape index (κ2) is 9.40. The van der Waals surface area contributed by atoms with Crippen LogP contribution in [0.2, 0.25) is 0 Å². The third kappa shape index (κ3) is 4.08. The van der Waals surface area contributed by atoms with Crippen LogP contribution in [-0.2, 0) is 9.59 Å². The van der Waals surface area contributed by atoms with Crippen LogP contribution in [0.25, 0.3) is 0 Å². The summed E-state index contributed by atoms with van der Waals surface area (Å²) in [7, 11) is 1.65. The number of rotatable bonds is 6. The van der Waals surface area contributed by atoms with Gasteiger partial charge in [0, 0.05) is 57.1 Å². The van der Waals surface area contributed by atoms with Crippen molar-refractivity contribution < 1.29 is 14.4 Å². The van der Waals surface area contributed by atoms with Crippen molar-refractivity contribution in [1.29, 1.82) is 0 Å². The predicted molar refractivity (Wildman–Crippen MR) is 142 cm³/mol. The van der Waals surface area contributed by atoms with Gasteiger partial charge in [-0.15, -0.1) is 0 Å². The quantitative estimate of drug-likeness (QED) is 0.548. The molecule has 4 atom stereocenters. The Hall–Kier alpha value is -2.41. The maximum atomic E-state index is 13.5. The minimum Gasteiger partial charge on any atom is -0.341 e. The van der Waals surface area contributed by atoms with Crippen LogP contribution in [-0.4, -0.2) is 88.3 Å². The number of hydrogen-bond donors (Lipinski definition) is 0. The molecule has 5 aliphatic rings. The van der Waals surface area contributed by atoms with Crippen LogP contribution in [0.15, 0.2) is 30.3 Å². The standard InChI is InChI=1S/C30H42N4O3/c1-20(2)16-34-29(37)31(3)28(36)30(34)14-24-12-13-25(15-30)33(24)18-23-17-32(27(35)22-10-7-11-22)19-26(23)21-8-5-4-6-9-21/h4-6,8-9,20,22-26H,7,10-19H2,1-3H3/t23-,24?,25?,26-,30?/m1/s1. The fourth-order valence-electron chi connectivity index (χ4n) is 8.00. The van der Waals surface area contributed by atoms with E-state index in [1.807, 2.05) is 4.90 Å². The molecule has 1 spiro atoms. The summed E-state index contributed by atoms with van der Waals surface area (Å²) in [6.45, 7) is 7.47. The average Bonchev–Trinajstić information content (AvgIpc) is 3.42. The number of carbonyl (C=O) groups excluding carboxylic acids is 3. The zero-order valence-electron chi connectivity index (χ0n) is 22.6. The summed E-state index contributed by atoms with van der Waals surface area (Å²) in [6, 6.07) is 11.2. The number of amides is 4. The van der Waals surface area contributed by atoms with Gasteiger partial charge in [0.2, 0.25) is 5.91 Å². The van der Waals surface area contributed by atoms with Gasteiger partial charge in [0.05, 0.1) is 0 Å². The van der Waals surface area contributed by atoms with Crippen molar-refractivity contribution in [3.8, 4) is 0 Å². The van der Waals surface area contributed by atoms with Crippen molar-refractivity contribution in [2.24, 2.45) is 17.8 Å². The lowest BCUT2D eigenvalue weighted by atomic mass is 9.80. The smallest absolute Gasteiger partial charge is 0.327 e. The van der Waals surface area contributed by atoms with E-state index >= 15 is 0 Å². The van der Waals surface area contributed by atoms with Gasteiger partial charge in [0.1, 0.15) is 5.54 Å². The number of piperidine rings is 1. The zero-order chi connectivity index (χ0) is 25.9. The maximum Gasteiger partial charge on any atom is 0.327 e. The average molecular weight is 507 g/mol. The molecule has 4 saturated heterocycles. The minimum atomic E-state index is -0.681. The lowest BCUT2D eigenvalue weighted by Crippen LogP contribution is -2.61. The van der Waals surface area contributed by atoms with Gasteiger partial charge in [-0.05, 0) is 55.9 Å². The van der Waals surface area contributed by atoms with E-state index in [4.69, 9.17) is 0 Å². The summed E-state index contributed by atoms with van der Waals surface area (Å²) in [5.74, 6) is 1.64. The molecule has 1 aliphatic carbocycles. The Morgan fingerprint density at radius 2 is 1.68 bits per heavy atom. The molecule has 7 heteroatoms. The van der Waals surface area contributed by atoms with E-state index in [-0.39, 0.29) is 17.9 Å². The van der Waals surface area contributed by atoms with Gasteiger partial charge in [-0.3, -0.25) is 19.4 Å². The first-order chi connectivity index (χ1) is 17.8. The molecule has 0 N–H and O–H groups in total. The van der Waals surface area contributed by atoms with E-state index in [2.05, 4.69) is 54.0 Å². The van der Waals surface area contributed by atoms with E-state index in [1.165, 1.54) is 16.9 Å². The molecule has 4 amide bonds. The Balaban J connectivity index is 1.22. The Kier molecular flexibility index (Phi) is 6.33. The number of carbonyl (C=O) groups is 3. The van der Waals surface area contributed by atoms with Gasteiger partial charge in [-0.1, -0.05) is 50.6 Å². The van der Waals surface area contributed by atoms with Gasteiger partial charge in [-0.25, -0.2) is 4.79 Å². The van der Waals surface area contributed by atoms with Gasteiger partial charge in [0.15, 0.2) is 0 Å². The van der Waals surface area contributed by atoms with E-state index in [9.17, 15) is 14.4 Å². The molecule has 2 bridgehead atoms. The molecule has 0 radical (unpaired) electrons. The van der Waals surface area contributed by atoms with Gasteiger partial charge in [-0.2, -0.15) is 0 Å². The molecule has 7 nitrogen and oxygen atoms in total.